The Labute approximate surface area is 122 Å². The van der Waals surface area contributed by atoms with Gasteiger partial charge in [0, 0.05) is 12.5 Å². The second kappa shape index (κ2) is 5.37. The number of hydrogen-bond acceptors (Lipinski definition) is 3. The molecule has 0 aliphatic carbocycles. The minimum absolute atomic E-state index is 0.0312. The molecule has 3 heteroatoms. The molecule has 0 spiro atoms. The highest BCUT2D eigenvalue weighted by molar-refractivity contribution is 5.78. The van der Waals surface area contributed by atoms with Crippen molar-refractivity contribution in [2.24, 2.45) is 0 Å². The highest BCUT2D eigenvalue weighted by atomic mass is 16.5. The lowest BCUT2D eigenvalue weighted by Gasteiger charge is -2.13. The molecule has 3 aromatic rings. The van der Waals surface area contributed by atoms with E-state index in [1.165, 1.54) is 6.92 Å². The molecule has 3 nitrogen and oxygen atoms in total. The van der Waals surface area contributed by atoms with Crippen LogP contribution < -0.4 is 5.43 Å². The van der Waals surface area contributed by atoms with Crippen molar-refractivity contribution in [1.29, 1.82) is 0 Å². The van der Waals surface area contributed by atoms with Crippen LogP contribution in [0.25, 0.3) is 11.1 Å². The van der Waals surface area contributed by atoms with Crippen molar-refractivity contribution >= 4 is 5.97 Å². The Hall–Kier alpha value is -2.68. The molecular weight excluding hydrogens is 264 g/mol. The van der Waals surface area contributed by atoms with E-state index in [4.69, 9.17) is 4.74 Å². The average molecular weight is 278 g/mol. The largest absolute Gasteiger partial charge is 0.453 e. The van der Waals surface area contributed by atoms with Crippen LogP contribution in [0.1, 0.15) is 24.2 Å². The molecule has 3 rings (SSSR count). The number of esters is 1. The van der Waals surface area contributed by atoms with Gasteiger partial charge in [-0.15, -0.1) is 0 Å². The third-order valence-corrected chi connectivity index (χ3v) is 3.39. The summed E-state index contributed by atoms with van der Waals surface area (Å²) >= 11 is 0. The topological polar surface area (TPSA) is 43.4 Å². The van der Waals surface area contributed by atoms with Crippen LogP contribution in [-0.4, -0.2) is 5.97 Å². The van der Waals surface area contributed by atoms with Crippen LogP contribution in [0.5, 0.6) is 0 Å². The Morgan fingerprint density at radius 3 is 2.10 bits per heavy atom. The summed E-state index contributed by atoms with van der Waals surface area (Å²) in [4.78, 5) is 23.5. The predicted molar refractivity (Wildman–Crippen MR) is 80.6 cm³/mol. The number of rotatable bonds is 4. The SMILES string of the molecule is CC(=O)OC(c1ccccc1)c1c(-c2ccccc2)c1=O. The Kier molecular flexibility index (Phi) is 3.40. The highest BCUT2D eigenvalue weighted by Crippen LogP contribution is 2.36. The number of benzene rings is 2. The van der Waals surface area contributed by atoms with Crippen LogP contribution in [0.15, 0.2) is 65.5 Å². The minimum atomic E-state index is -0.619. The molecule has 0 bridgehead atoms. The van der Waals surface area contributed by atoms with Crippen LogP contribution in [0.4, 0.5) is 0 Å². The summed E-state index contributed by atoms with van der Waals surface area (Å²) in [7, 11) is 0. The van der Waals surface area contributed by atoms with Crippen LogP contribution in [-0.2, 0) is 9.53 Å². The summed E-state index contributed by atoms with van der Waals surface area (Å²) in [6.07, 6.45) is -0.619. The summed E-state index contributed by atoms with van der Waals surface area (Å²) in [6, 6.07) is 18.8. The molecule has 0 amide bonds. The van der Waals surface area contributed by atoms with Crippen LogP contribution in [0.3, 0.4) is 0 Å². The van der Waals surface area contributed by atoms with E-state index in [9.17, 15) is 9.59 Å². The van der Waals surface area contributed by atoms with E-state index in [1.807, 2.05) is 60.7 Å². The zero-order chi connectivity index (χ0) is 14.8. The van der Waals surface area contributed by atoms with Gasteiger partial charge in [-0.2, -0.15) is 0 Å². The van der Waals surface area contributed by atoms with Crippen molar-refractivity contribution in [1.82, 2.24) is 0 Å². The Balaban J connectivity index is 2.00. The fourth-order valence-electron chi connectivity index (χ4n) is 2.41. The van der Waals surface area contributed by atoms with Gasteiger partial charge in [0.25, 0.3) is 0 Å². The first-order chi connectivity index (χ1) is 10.2. The van der Waals surface area contributed by atoms with Gasteiger partial charge in [-0.3, -0.25) is 9.59 Å². The van der Waals surface area contributed by atoms with Gasteiger partial charge in [0.15, 0.2) is 11.5 Å². The van der Waals surface area contributed by atoms with E-state index in [0.717, 1.165) is 11.1 Å². The van der Waals surface area contributed by atoms with Gasteiger partial charge in [0.1, 0.15) is 0 Å². The first kappa shape index (κ1) is 13.3. The quantitative estimate of drug-likeness (QED) is 0.688. The van der Waals surface area contributed by atoms with Crippen molar-refractivity contribution in [3.63, 3.8) is 0 Å². The molecule has 0 saturated carbocycles. The molecule has 0 N–H and O–H groups in total. The summed E-state index contributed by atoms with van der Waals surface area (Å²) in [5.74, 6) is -0.400. The third kappa shape index (κ3) is 2.63. The Bertz CT molecular complexity index is 765. The molecule has 1 unspecified atom stereocenters. The maximum Gasteiger partial charge on any atom is 0.303 e. The first-order valence-electron chi connectivity index (χ1n) is 6.75. The molecule has 1 atom stereocenters. The maximum absolute atomic E-state index is 12.1. The van der Waals surface area contributed by atoms with Crippen LogP contribution in [0.2, 0.25) is 0 Å². The van der Waals surface area contributed by atoms with Crippen molar-refractivity contribution in [3.8, 4) is 11.1 Å². The van der Waals surface area contributed by atoms with Gasteiger partial charge in [-0.25, -0.2) is 0 Å². The fraction of sp³-hybridized carbons (Fsp3) is 0.111. The lowest BCUT2D eigenvalue weighted by molar-refractivity contribution is -0.144. The zero-order valence-corrected chi connectivity index (χ0v) is 11.6. The molecular formula is C18H14O3. The first-order valence-corrected chi connectivity index (χ1v) is 6.75. The normalized spacial score (nSPS) is 12.2. The van der Waals surface area contributed by atoms with Crippen molar-refractivity contribution in [2.75, 3.05) is 0 Å². The van der Waals surface area contributed by atoms with E-state index in [-0.39, 0.29) is 5.43 Å². The van der Waals surface area contributed by atoms with E-state index in [2.05, 4.69) is 0 Å². The average Bonchev–Trinajstić information content (AvgIpc) is 3.17. The lowest BCUT2D eigenvalue weighted by atomic mass is 10.1. The second-order valence-corrected chi connectivity index (χ2v) is 4.88. The number of carbonyl (C=O) groups excluding carboxylic acids is 1. The van der Waals surface area contributed by atoms with Gasteiger partial charge in [0.05, 0.1) is 5.56 Å². The van der Waals surface area contributed by atoms with Crippen LogP contribution >= 0.6 is 0 Å². The molecule has 0 aromatic heterocycles. The monoisotopic (exact) mass is 278 g/mol. The molecule has 3 aromatic carbocycles. The second-order valence-electron chi connectivity index (χ2n) is 4.88. The van der Waals surface area contributed by atoms with E-state index >= 15 is 0 Å². The van der Waals surface area contributed by atoms with E-state index in [1.54, 1.807) is 0 Å². The molecule has 0 saturated heterocycles. The molecule has 104 valence electrons. The Morgan fingerprint density at radius 2 is 1.52 bits per heavy atom. The minimum Gasteiger partial charge on any atom is -0.453 e. The van der Waals surface area contributed by atoms with E-state index in [0.29, 0.717) is 11.1 Å². The standard InChI is InChI=1S/C18H14O3/c1-12(19)21-18(14-10-6-3-7-11-14)16-15(17(16)20)13-8-4-2-5-9-13/h2-11,18H,1H3. The lowest BCUT2D eigenvalue weighted by Crippen LogP contribution is -2.09. The van der Waals surface area contributed by atoms with Crippen molar-refractivity contribution in [2.45, 2.75) is 13.0 Å². The highest BCUT2D eigenvalue weighted by Gasteiger charge is 2.33. The fourth-order valence-corrected chi connectivity index (χ4v) is 2.41. The zero-order valence-electron chi connectivity index (χ0n) is 11.6. The molecule has 0 heterocycles. The number of hydrogen-bond donors (Lipinski definition) is 0. The van der Waals surface area contributed by atoms with Gasteiger partial charge in [0.2, 0.25) is 0 Å². The predicted octanol–water partition coefficient (Wildman–Crippen LogP) is 3.24. The summed E-state index contributed by atoms with van der Waals surface area (Å²) in [6.45, 7) is 1.35. The van der Waals surface area contributed by atoms with E-state index < -0.39 is 12.1 Å². The molecule has 0 fully saturated rings. The third-order valence-electron chi connectivity index (χ3n) is 3.39. The van der Waals surface area contributed by atoms with Gasteiger partial charge in [-0.1, -0.05) is 60.7 Å². The van der Waals surface area contributed by atoms with Crippen LogP contribution in [0, 0.1) is 0 Å². The van der Waals surface area contributed by atoms with Crippen molar-refractivity contribution in [3.05, 3.63) is 82.0 Å². The molecule has 21 heavy (non-hydrogen) atoms. The smallest absolute Gasteiger partial charge is 0.303 e. The maximum atomic E-state index is 12.1. The van der Waals surface area contributed by atoms with Gasteiger partial charge < -0.3 is 4.74 Å². The number of carbonyl (C=O) groups is 1. The molecule has 0 aliphatic heterocycles. The molecule has 0 radical (unpaired) electrons. The summed E-state index contributed by atoms with van der Waals surface area (Å²) in [5, 5.41) is 0. The van der Waals surface area contributed by atoms with Gasteiger partial charge in [-0.05, 0) is 11.1 Å². The summed E-state index contributed by atoms with van der Waals surface area (Å²) in [5.41, 5.74) is 2.87. The van der Waals surface area contributed by atoms with Gasteiger partial charge >= 0.3 is 5.97 Å². The molecule has 0 aliphatic rings. The Morgan fingerprint density at radius 1 is 0.952 bits per heavy atom. The van der Waals surface area contributed by atoms with Crippen molar-refractivity contribution < 1.29 is 9.53 Å². The number of ether oxygens (including phenoxy) is 1. The summed E-state index contributed by atoms with van der Waals surface area (Å²) < 4.78 is 5.36.